The lowest BCUT2D eigenvalue weighted by Crippen LogP contribution is -2.55. The molecule has 3 atom stereocenters. The first-order chi connectivity index (χ1) is 14.8. The van der Waals surface area contributed by atoms with Crippen LogP contribution in [-0.2, 0) is 25.8 Å². The zero-order valence-corrected chi connectivity index (χ0v) is 19.0. The number of aromatic amines is 1. The maximum absolute atomic E-state index is 13.0. The number of carbonyl (C=O) groups excluding carboxylic acids is 2. The molecule has 1 aliphatic heterocycles. The van der Waals surface area contributed by atoms with Crippen LogP contribution in [0, 0.1) is 0 Å². The van der Waals surface area contributed by atoms with Gasteiger partial charge in [-0.15, -0.1) is 11.3 Å². The van der Waals surface area contributed by atoms with Crippen molar-refractivity contribution in [2.24, 2.45) is 0 Å². The highest BCUT2D eigenvalue weighted by Crippen LogP contribution is 2.29. The van der Waals surface area contributed by atoms with Crippen LogP contribution in [-0.4, -0.2) is 55.4 Å². The van der Waals surface area contributed by atoms with Gasteiger partial charge in [-0.3, -0.25) is 9.59 Å². The van der Waals surface area contributed by atoms with Gasteiger partial charge < -0.3 is 15.0 Å². The summed E-state index contributed by atoms with van der Waals surface area (Å²) in [6.45, 7) is 0. The summed E-state index contributed by atoms with van der Waals surface area (Å²) in [5, 5.41) is 2.61. The van der Waals surface area contributed by atoms with Crippen LogP contribution in [0.2, 0.25) is 4.34 Å². The topological polar surface area (TPSA) is 105 Å². The van der Waals surface area contributed by atoms with Crippen LogP contribution < -0.4 is 5.32 Å². The summed E-state index contributed by atoms with van der Waals surface area (Å²) in [5.74, 6) is -0.932. The van der Waals surface area contributed by atoms with E-state index in [1.807, 2.05) is 30.3 Å². The third-order valence-corrected chi connectivity index (χ3v) is 8.79. The Hall–Kier alpha value is -2.20. The van der Waals surface area contributed by atoms with E-state index >= 15 is 0 Å². The lowest BCUT2D eigenvalue weighted by molar-refractivity contribution is -0.130. The molecule has 1 aromatic carbocycles. The van der Waals surface area contributed by atoms with Crippen molar-refractivity contribution in [2.75, 3.05) is 12.9 Å². The fourth-order valence-corrected chi connectivity index (χ4v) is 6.24. The third kappa shape index (κ3) is 4.55. The van der Waals surface area contributed by atoms with Crippen LogP contribution in [0.25, 0.3) is 10.2 Å². The highest BCUT2D eigenvalue weighted by Gasteiger charge is 2.46. The summed E-state index contributed by atoms with van der Waals surface area (Å²) in [6, 6.07) is 12.0. The van der Waals surface area contributed by atoms with Crippen molar-refractivity contribution in [3.63, 3.8) is 0 Å². The predicted molar refractivity (Wildman–Crippen MR) is 121 cm³/mol. The zero-order chi connectivity index (χ0) is 22.2. The maximum Gasteiger partial charge on any atom is 0.268 e. The molecule has 2 N–H and O–H groups in total. The molecule has 0 spiro atoms. The van der Waals surface area contributed by atoms with E-state index in [9.17, 15) is 18.0 Å². The third-order valence-electron chi connectivity index (χ3n) is 5.45. The Kier molecular flexibility index (Phi) is 6.20. The molecular formula is C21H21ClN2O5S2. The van der Waals surface area contributed by atoms with Crippen molar-refractivity contribution in [1.29, 1.82) is 0 Å². The van der Waals surface area contributed by atoms with E-state index in [2.05, 4.69) is 10.3 Å². The van der Waals surface area contributed by atoms with Gasteiger partial charge >= 0.3 is 0 Å². The number of methoxy groups -OCH3 is 1. The first-order valence-corrected chi connectivity index (χ1v) is 12.6. The van der Waals surface area contributed by atoms with E-state index in [0.29, 0.717) is 16.5 Å². The minimum Gasteiger partial charge on any atom is -0.371 e. The lowest BCUT2D eigenvalue weighted by atomic mass is 9.96. The Balaban J connectivity index is 1.60. The summed E-state index contributed by atoms with van der Waals surface area (Å²) >= 11 is 7.32. The van der Waals surface area contributed by atoms with Gasteiger partial charge in [-0.25, -0.2) is 8.42 Å². The second-order valence-corrected chi connectivity index (χ2v) is 11.5. The van der Waals surface area contributed by atoms with Crippen LogP contribution in [0.3, 0.4) is 0 Å². The van der Waals surface area contributed by atoms with Gasteiger partial charge in [0.15, 0.2) is 15.6 Å². The number of rotatable bonds is 8. The minimum atomic E-state index is -3.44. The summed E-state index contributed by atoms with van der Waals surface area (Å²) in [5.41, 5.74) is 1.22. The standard InChI is InChI=1S/C21H21ClN2O5S2/c1-29-19(18(25)16-7-8-31(16,27)28)14(9-12-5-3-2-4-6-12)23-20(26)15-10-13-11-17(22)30-21(13)24-15/h2-6,10-11,14,16,19,24H,7-9H2,1H3,(H,23,26). The monoisotopic (exact) mass is 480 g/mol. The quantitative estimate of drug-likeness (QED) is 0.515. The number of aromatic nitrogens is 1. The number of amides is 1. The molecule has 2 aromatic heterocycles. The number of Topliss-reactive ketones (excluding diaryl/α,β-unsaturated/α-hetero) is 1. The van der Waals surface area contributed by atoms with Gasteiger partial charge in [0.1, 0.15) is 21.9 Å². The number of halogens is 1. The summed E-state index contributed by atoms with van der Waals surface area (Å²) in [7, 11) is -2.09. The molecule has 0 saturated carbocycles. The molecular weight excluding hydrogens is 460 g/mol. The Morgan fingerprint density at radius 2 is 2.03 bits per heavy atom. The van der Waals surface area contributed by atoms with Crippen molar-refractivity contribution >= 4 is 54.7 Å². The van der Waals surface area contributed by atoms with Gasteiger partial charge in [0, 0.05) is 12.5 Å². The fraction of sp³-hybridized carbons (Fsp3) is 0.333. The van der Waals surface area contributed by atoms with E-state index in [-0.39, 0.29) is 12.2 Å². The number of nitrogens with one attached hydrogen (secondary N) is 2. The Morgan fingerprint density at radius 1 is 1.29 bits per heavy atom. The van der Waals surface area contributed by atoms with Crippen LogP contribution in [0.4, 0.5) is 0 Å². The molecule has 164 valence electrons. The molecule has 3 aromatic rings. The van der Waals surface area contributed by atoms with Crippen molar-refractivity contribution in [1.82, 2.24) is 10.3 Å². The summed E-state index contributed by atoms with van der Waals surface area (Å²) < 4.78 is 30.1. The molecule has 3 unspecified atom stereocenters. The van der Waals surface area contributed by atoms with Gasteiger partial charge in [0.05, 0.1) is 16.1 Å². The number of hydrogen-bond acceptors (Lipinski definition) is 6. The van der Waals surface area contributed by atoms with Gasteiger partial charge in [-0.1, -0.05) is 41.9 Å². The lowest BCUT2D eigenvalue weighted by Gasteiger charge is -2.32. The molecule has 10 heteroatoms. The van der Waals surface area contributed by atoms with Crippen LogP contribution in [0.5, 0.6) is 0 Å². The molecule has 7 nitrogen and oxygen atoms in total. The predicted octanol–water partition coefficient (Wildman–Crippen LogP) is 3.00. The number of ketones is 1. The normalized spacial score (nSPS) is 19.5. The first-order valence-electron chi connectivity index (χ1n) is 9.69. The number of benzene rings is 1. The van der Waals surface area contributed by atoms with Gasteiger partial charge in [-0.2, -0.15) is 0 Å². The van der Waals surface area contributed by atoms with Crippen LogP contribution >= 0.6 is 22.9 Å². The number of fused-ring (bicyclic) bond motifs is 1. The van der Waals surface area contributed by atoms with Crippen molar-refractivity contribution in [2.45, 2.75) is 30.2 Å². The molecule has 1 aliphatic rings. The highest BCUT2D eigenvalue weighted by molar-refractivity contribution is 7.94. The number of sulfone groups is 1. The van der Waals surface area contributed by atoms with Crippen molar-refractivity contribution in [3.05, 3.63) is 58.1 Å². The SMILES string of the molecule is COC(C(=O)C1CCS1(=O)=O)C(Cc1ccccc1)NC(=O)c1cc2cc(Cl)sc2[nH]1. The van der Waals surface area contributed by atoms with Crippen molar-refractivity contribution < 1.29 is 22.7 Å². The minimum absolute atomic E-state index is 0.00265. The molecule has 3 heterocycles. The van der Waals surface area contributed by atoms with E-state index < -0.39 is 38.9 Å². The summed E-state index contributed by atoms with van der Waals surface area (Å²) in [4.78, 5) is 29.8. The number of H-pyrrole nitrogens is 1. The highest BCUT2D eigenvalue weighted by atomic mass is 35.5. The largest absolute Gasteiger partial charge is 0.371 e. The Morgan fingerprint density at radius 3 is 2.61 bits per heavy atom. The molecule has 31 heavy (non-hydrogen) atoms. The van der Waals surface area contributed by atoms with E-state index in [1.165, 1.54) is 18.4 Å². The smallest absolute Gasteiger partial charge is 0.268 e. The second kappa shape index (κ2) is 8.74. The molecule has 1 fully saturated rings. The number of carbonyl (C=O) groups is 2. The Bertz CT molecular complexity index is 1190. The number of hydrogen-bond donors (Lipinski definition) is 2. The first kappa shape index (κ1) is 22.0. The molecule has 0 bridgehead atoms. The molecule has 1 amide bonds. The van der Waals surface area contributed by atoms with E-state index in [0.717, 1.165) is 15.8 Å². The number of thiophene rings is 1. The maximum atomic E-state index is 13.0. The van der Waals surface area contributed by atoms with Gasteiger partial charge in [0.25, 0.3) is 5.91 Å². The molecule has 1 saturated heterocycles. The number of ether oxygens (including phenoxy) is 1. The zero-order valence-electron chi connectivity index (χ0n) is 16.6. The molecule has 0 radical (unpaired) electrons. The van der Waals surface area contributed by atoms with Crippen molar-refractivity contribution in [3.8, 4) is 0 Å². The van der Waals surface area contributed by atoms with Crippen LogP contribution in [0.1, 0.15) is 22.5 Å². The Labute approximate surface area is 188 Å². The average Bonchev–Trinajstić information content (AvgIpc) is 3.26. The fourth-order valence-electron chi connectivity index (χ4n) is 3.77. The second-order valence-electron chi connectivity index (χ2n) is 7.49. The van der Waals surface area contributed by atoms with E-state index in [1.54, 1.807) is 12.1 Å². The van der Waals surface area contributed by atoms with E-state index in [4.69, 9.17) is 16.3 Å². The van der Waals surface area contributed by atoms with Crippen LogP contribution in [0.15, 0.2) is 42.5 Å². The van der Waals surface area contributed by atoms with Gasteiger partial charge in [-0.05, 0) is 30.5 Å². The summed E-state index contributed by atoms with van der Waals surface area (Å²) in [6.07, 6.45) is -0.500. The molecule has 0 aliphatic carbocycles. The van der Waals surface area contributed by atoms with Gasteiger partial charge in [0.2, 0.25) is 0 Å². The average molecular weight is 481 g/mol. The molecule has 4 rings (SSSR count).